The van der Waals surface area contributed by atoms with E-state index in [1.165, 1.54) is 12.1 Å². The average molecular weight is 444 g/mol. The fourth-order valence-electron chi connectivity index (χ4n) is 4.12. The van der Waals surface area contributed by atoms with Gasteiger partial charge in [-0.3, -0.25) is 19.6 Å². The predicted octanol–water partition coefficient (Wildman–Crippen LogP) is 3.33. The number of fused-ring (bicyclic) bond motifs is 1. The number of carbonyl (C=O) groups excluding carboxylic acids is 2. The van der Waals surface area contributed by atoms with E-state index in [2.05, 4.69) is 9.97 Å². The van der Waals surface area contributed by atoms with Crippen LogP contribution in [0.5, 0.6) is 0 Å². The molecule has 0 bridgehead atoms. The molecule has 1 fully saturated rings. The van der Waals surface area contributed by atoms with Gasteiger partial charge in [-0.2, -0.15) is 0 Å². The van der Waals surface area contributed by atoms with Gasteiger partial charge in [0.05, 0.1) is 30.0 Å². The summed E-state index contributed by atoms with van der Waals surface area (Å²) in [6.07, 6.45) is 6.58. The Kier molecular flexibility index (Phi) is 5.66. The number of amides is 1. The summed E-state index contributed by atoms with van der Waals surface area (Å²) < 4.78 is 21.5. The van der Waals surface area contributed by atoms with Crippen LogP contribution in [0.15, 0.2) is 67.3 Å². The van der Waals surface area contributed by atoms with Gasteiger partial charge in [-0.1, -0.05) is 12.1 Å². The smallest absolute Gasteiger partial charge is 0.242 e. The van der Waals surface area contributed by atoms with Crippen molar-refractivity contribution >= 4 is 22.6 Å². The second-order valence-electron chi connectivity index (χ2n) is 7.77. The third-order valence-electron chi connectivity index (χ3n) is 5.75. The van der Waals surface area contributed by atoms with Crippen LogP contribution < -0.4 is 0 Å². The normalized spacial score (nSPS) is 13.9. The third-order valence-corrected chi connectivity index (χ3v) is 5.75. The van der Waals surface area contributed by atoms with E-state index >= 15 is 0 Å². The first-order valence-corrected chi connectivity index (χ1v) is 10.7. The van der Waals surface area contributed by atoms with Crippen LogP contribution in [-0.4, -0.2) is 57.4 Å². The molecule has 4 aromatic rings. The van der Waals surface area contributed by atoms with Crippen LogP contribution in [0.2, 0.25) is 0 Å². The second kappa shape index (κ2) is 8.91. The number of benzene rings is 1. The Morgan fingerprint density at radius 3 is 2.58 bits per heavy atom. The van der Waals surface area contributed by atoms with E-state index in [1.807, 2.05) is 6.07 Å². The van der Waals surface area contributed by atoms with Gasteiger partial charge in [-0.15, -0.1) is 0 Å². The molecule has 0 spiro atoms. The van der Waals surface area contributed by atoms with Crippen molar-refractivity contribution in [2.45, 2.75) is 6.54 Å². The molecular formula is C25H21FN4O3. The summed E-state index contributed by atoms with van der Waals surface area (Å²) >= 11 is 0. The summed E-state index contributed by atoms with van der Waals surface area (Å²) in [7, 11) is 0. The lowest BCUT2D eigenvalue weighted by Crippen LogP contribution is -2.42. The van der Waals surface area contributed by atoms with Crippen molar-refractivity contribution in [1.29, 1.82) is 0 Å². The number of nitrogens with zero attached hydrogens (tertiary/aromatic N) is 4. The van der Waals surface area contributed by atoms with Crippen LogP contribution in [0.3, 0.4) is 0 Å². The number of ether oxygens (including phenoxy) is 1. The zero-order valence-corrected chi connectivity index (χ0v) is 17.8. The summed E-state index contributed by atoms with van der Waals surface area (Å²) in [5.41, 5.74) is 2.29. The predicted molar refractivity (Wildman–Crippen MR) is 120 cm³/mol. The molecule has 1 aliphatic rings. The summed E-state index contributed by atoms with van der Waals surface area (Å²) in [5.74, 6) is -1.12. The van der Waals surface area contributed by atoms with Crippen molar-refractivity contribution in [2.75, 3.05) is 26.3 Å². The van der Waals surface area contributed by atoms with Crippen LogP contribution in [-0.2, 0) is 16.1 Å². The zero-order valence-electron chi connectivity index (χ0n) is 17.8. The van der Waals surface area contributed by atoms with E-state index < -0.39 is 11.6 Å². The van der Waals surface area contributed by atoms with Crippen molar-refractivity contribution in [3.63, 3.8) is 0 Å². The molecule has 1 amide bonds. The average Bonchev–Trinajstić information content (AvgIpc) is 3.23. The van der Waals surface area contributed by atoms with E-state index in [9.17, 15) is 14.0 Å². The maximum absolute atomic E-state index is 14.4. The van der Waals surface area contributed by atoms with Gasteiger partial charge in [0.25, 0.3) is 0 Å². The number of hydrogen-bond acceptors (Lipinski definition) is 5. The Labute approximate surface area is 189 Å². The van der Waals surface area contributed by atoms with E-state index in [-0.39, 0.29) is 18.0 Å². The van der Waals surface area contributed by atoms with Gasteiger partial charge < -0.3 is 14.2 Å². The van der Waals surface area contributed by atoms with Gasteiger partial charge in [0.15, 0.2) is 5.78 Å². The highest BCUT2D eigenvalue weighted by molar-refractivity contribution is 6.17. The molecule has 0 aliphatic carbocycles. The van der Waals surface area contributed by atoms with Crippen molar-refractivity contribution < 1.29 is 18.7 Å². The minimum atomic E-state index is -0.589. The van der Waals surface area contributed by atoms with Crippen molar-refractivity contribution in [1.82, 2.24) is 19.4 Å². The summed E-state index contributed by atoms with van der Waals surface area (Å²) in [4.78, 5) is 36.8. The second-order valence-corrected chi connectivity index (χ2v) is 7.77. The topological polar surface area (TPSA) is 77.3 Å². The molecule has 1 aromatic carbocycles. The Morgan fingerprint density at radius 1 is 1.00 bits per heavy atom. The van der Waals surface area contributed by atoms with Gasteiger partial charge in [-0.05, 0) is 30.3 Å². The molecule has 3 aromatic heterocycles. The molecule has 0 N–H and O–H groups in total. The maximum Gasteiger partial charge on any atom is 0.242 e. The first-order valence-electron chi connectivity index (χ1n) is 10.7. The monoisotopic (exact) mass is 444 g/mol. The molecule has 7 nitrogen and oxygen atoms in total. The Hall–Kier alpha value is -3.91. The van der Waals surface area contributed by atoms with Crippen LogP contribution in [0, 0.1) is 5.82 Å². The van der Waals surface area contributed by atoms with Crippen molar-refractivity contribution in [3.8, 4) is 11.3 Å². The lowest BCUT2D eigenvalue weighted by atomic mass is 10.0. The number of halogens is 1. The van der Waals surface area contributed by atoms with E-state index in [0.717, 1.165) is 5.56 Å². The number of hydrogen-bond donors (Lipinski definition) is 0. The quantitative estimate of drug-likeness (QED) is 0.442. The molecule has 0 atom stereocenters. The highest BCUT2D eigenvalue weighted by Crippen LogP contribution is 2.31. The molecule has 166 valence electrons. The summed E-state index contributed by atoms with van der Waals surface area (Å²) in [6.45, 7) is 2.06. The molecule has 33 heavy (non-hydrogen) atoms. The number of rotatable bonds is 5. The molecule has 1 aliphatic heterocycles. The van der Waals surface area contributed by atoms with E-state index in [4.69, 9.17) is 4.74 Å². The molecule has 1 saturated heterocycles. The van der Waals surface area contributed by atoms with Crippen LogP contribution in [0.4, 0.5) is 4.39 Å². The minimum Gasteiger partial charge on any atom is -0.378 e. The molecule has 4 heterocycles. The van der Waals surface area contributed by atoms with Gasteiger partial charge in [0.1, 0.15) is 12.4 Å². The zero-order chi connectivity index (χ0) is 22.8. The van der Waals surface area contributed by atoms with Gasteiger partial charge in [-0.25, -0.2) is 4.39 Å². The molecule has 8 heteroatoms. The fraction of sp³-hybridized carbons (Fsp3) is 0.200. The SMILES string of the molecule is O=C(c1ccccc1F)c1cn(CC(=O)N2CCOCC2)c2c(-c3cccnc3)nccc12. The number of aromatic nitrogens is 3. The lowest BCUT2D eigenvalue weighted by molar-refractivity contribution is -0.135. The molecule has 0 unspecified atom stereocenters. The van der Waals surface area contributed by atoms with Crippen LogP contribution in [0.25, 0.3) is 22.2 Å². The summed E-state index contributed by atoms with van der Waals surface area (Å²) in [6, 6.07) is 11.3. The number of ketones is 1. The van der Waals surface area contributed by atoms with Crippen molar-refractivity contribution in [3.05, 3.63) is 84.2 Å². The Bertz CT molecular complexity index is 1330. The number of carbonyl (C=O) groups is 2. The van der Waals surface area contributed by atoms with Gasteiger partial charge in [0.2, 0.25) is 5.91 Å². The minimum absolute atomic E-state index is 0.0178. The summed E-state index contributed by atoms with van der Waals surface area (Å²) in [5, 5.41) is 0.604. The third kappa shape index (κ3) is 4.01. The molecule has 0 saturated carbocycles. The van der Waals surface area contributed by atoms with Crippen LogP contribution >= 0.6 is 0 Å². The van der Waals surface area contributed by atoms with E-state index in [1.54, 1.807) is 58.5 Å². The van der Waals surface area contributed by atoms with Gasteiger partial charge >= 0.3 is 0 Å². The first kappa shape index (κ1) is 21.0. The largest absolute Gasteiger partial charge is 0.378 e. The molecule has 0 radical (unpaired) electrons. The standard InChI is InChI=1S/C25H21FN4O3/c26-21-6-2-1-5-19(21)25(32)20-15-30(16-22(31)29-10-12-33-13-11-29)24-18(20)7-9-28-23(24)17-4-3-8-27-14-17/h1-9,14-15H,10-13,16H2. The molecular weight excluding hydrogens is 423 g/mol. The van der Waals surface area contributed by atoms with Crippen LogP contribution in [0.1, 0.15) is 15.9 Å². The van der Waals surface area contributed by atoms with E-state index in [0.29, 0.717) is 48.5 Å². The van der Waals surface area contributed by atoms with Gasteiger partial charge in [0, 0.05) is 54.4 Å². The fourth-order valence-corrected chi connectivity index (χ4v) is 4.12. The first-order chi connectivity index (χ1) is 16.1. The highest BCUT2D eigenvalue weighted by atomic mass is 19.1. The maximum atomic E-state index is 14.4. The number of morpholine rings is 1. The Balaban J connectivity index is 1.65. The highest BCUT2D eigenvalue weighted by Gasteiger charge is 2.24. The van der Waals surface area contributed by atoms with Crippen molar-refractivity contribution in [2.24, 2.45) is 0 Å². The number of pyridine rings is 2. The molecule has 5 rings (SSSR count). The lowest BCUT2D eigenvalue weighted by Gasteiger charge is -2.27. The Morgan fingerprint density at radius 2 is 1.82 bits per heavy atom.